The number of sulfone groups is 1. The number of H-pyrrole nitrogens is 1. The highest BCUT2D eigenvalue weighted by Gasteiger charge is 2.41. The second-order valence-corrected chi connectivity index (χ2v) is 14.0. The molecule has 41 heavy (non-hydrogen) atoms. The zero-order valence-electron chi connectivity index (χ0n) is 24.5. The van der Waals surface area contributed by atoms with Gasteiger partial charge in [-0.15, -0.1) is 0 Å². The van der Waals surface area contributed by atoms with E-state index in [2.05, 4.69) is 4.98 Å². The standard InChI is InChI=1S/C36H37NO3S/c1-24-17-19-29(20-18-24)41(39,40)32(23-35(4,5)6)33-30-15-7-8-16-31(30)37-34(33)36(38,27-13-9-11-25(2)21-27)28-14-10-12-26(3)22-28/h7-23,37-38H,1-6H3/b32-23+. The van der Waals surface area contributed by atoms with Crippen LogP contribution < -0.4 is 0 Å². The van der Waals surface area contributed by atoms with Crippen molar-refractivity contribution in [3.8, 4) is 0 Å². The fourth-order valence-corrected chi connectivity index (χ4v) is 7.12. The molecule has 0 radical (unpaired) electrons. The van der Waals surface area contributed by atoms with E-state index >= 15 is 0 Å². The highest BCUT2D eigenvalue weighted by molar-refractivity contribution is 8.00. The van der Waals surface area contributed by atoms with Crippen LogP contribution in [0.4, 0.5) is 0 Å². The van der Waals surface area contributed by atoms with Crippen LogP contribution in [0.3, 0.4) is 0 Å². The lowest BCUT2D eigenvalue weighted by molar-refractivity contribution is 0.121. The summed E-state index contributed by atoms with van der Waals surface area (Å²) in [5.74, 6) is 0. The number of nitrogens with one attached hydrogen (secondary N) is 1. The van der Waals surface area contributed by atoms with Crippen LogP contribution >= 0.6 is 0 Å². The summed E-state index contributed by atoms with van der Waals surface area (Å²) in [5, 5.41) is 13.8. The molecule has 0 aliphatic carbocycles. The van der Waals surface area contributed by atoms with Gasteiger partial charge in [-0.1, -0.05) is 122 Å². The monoisotopic (exact) mass is 563 g/mol. The zero-order valence-corrected chi connectivity index (χ0v) is 25.3. The van der Waals surface area contributed by atoms with E-state index in [1.165, 1.54) is 0 Å². The number of hydrogen-bond donors (Lipinski definition) is 2. The fourth-order valence-electron chi connectivity index (χ4n) is 5.39. The molecule has 0 amide bonds. The van der Waals surface area contributed by atoms with Crippen LogP contribution in [0.15, 0.2) is 108 Å². The third-order valence-electron chi connectivity index (χ3n) is 7.37. The van der Waals surface area contributed by atoms with Crippen LogP contribution in [0, 0.1) is 26.2 Å². The normalized spacial score (nSPS) is 13.1. The summed E-state index contributed by atoms with van der Waals surface area (Å²) in [5.41, 5.74) is 3.74. The average Bonchev–Trinajstić information content (AvgIpc) is 3.31. The van der Waals surface area contributed by atoms with E-state index in [-0.39, 0.29) is 9.80 Å². The summed E-state index contributed by atoms with van der Waals surface area (Å²) in [6, 6.07) is 30.1. The molecular weight excluding hydrogens is 526 g/mol. The molecule has 0 unspecified atom stereocenters. The van der Waals surface area contributed by atoms with Crippen LogP contribution in [-0.4, -0.2) is 18.5 Å². The first-order valence-corrected chi connectivity index (χ1v) is 15.3. The smallest absolute Gasteiger partial charge is 0.206 e. The van der Waals surface area contributed by atoms with Crippen LogP contribution in [0.1, 0.15) is 59.8 Å². The number of allylic oxidation sites excluding steroid dienone is 1. The van der Waals surface area contributed by atoms with Crippen molar-refractivity contribution in [2.75, 3.05) is 0 Å². The molecule has 4 aromatic carbocycles. The first-order chi connectivity index (χ1) is 19.3. The maximum Gasteiger partial charge on any atom is 0.206 e. The van der Waals surface area contributed by atoms with Gasteiger partial charge < -0.3 is 10.1 Å². The van der Waals surface area contributed by atoms with E-state index in [4.69, 9.17) is 0 Å². The second-order valence-electron chi connectivity index (χ2n) is 12.1. The van der Waals surface area contributed by atoms with Gasteiger partial charge >= 0.3 is 0 Å². The molecule has 5 aromatic rings. The van der Waals surface area contributed by atoms with Gasteiger partial charge in [0.2, 0.25) is 9.84 Å². The molecule has 0 aliphatic rings. The van der Waals surface area contributed by atoms with Crippen molar-refractivity contribution >= 4 is 25.6 Å². The molecular formula is C36H37NO3S. The number of aryl methyl sites for hydroxylation is 3. The van der Waals surface area contributed by atoms with Gasteiger partial charge in [-0.25, -0.2) is 8.42 Å². The molecule has 4 nitrogen and oxygen atoms in total. The predicted octanol–water partition coefficient (Wildman–Crippen LogP) is 8.24. The van der Waals surface area contributed by atoms with Crippen LogP contribution in [0.2, 0.25) is 0 Å². The van der Waals surface area contributed by atoms with Gasteiger partial charge in [0, 0.05) is 16.5 Å². The number of benzene rings is 4. The summed E-state index contributed by atoms with van der Waals surface area (Å²) in [6.45, 7) is 11.9. The molecule has 0 aliphatic heterocycles. The lowest BCUT2D eigenvalue weighted by Gasteiger charge is -2.31. The number of para-hydroxylation sites is 1. The molecule has 5 heteroatoms. The Morgan fingerprint density at radius 1 is 0.732 bits per heavy atom. The number of aromatic amines is 1. The molecule has 0 spiro atoms. The van der Waals surface area contributed by atoms with Gasteiger partial charge in [-0.2, -0.15) is 0 Å². The molecule has 0 atom stereocenters. The Morgan fingerprint density at radius 2 is 1.29 bits per heavy atom. The molecule has 5 rings (SSSR count). The van der Waals surface area contributed by atoms with E-state index < -0.39 is 20.9 Å². The largest absolute Gasteiger partial charge is 0.375 e. The molecule has 0 bridgehead atoms. The first kappa shape index (κ1) is 28.6. The average molecular weight is 564 g/mol. The topological polar surface area (TPSA) is 70.2 Å². The van der Waals surface area contributed by atoms with Gasteiger partial charge in [0.25, 0.3) is 0 Å². The van der Waals surface area contributed by atoms with Gasteiger partial charge in [0.05, 0.1) is 15.5 Å². The summed E-state index contributed by atoms with van der Waals surface area (Å²) in [7, 11) is -4.00. The molecule has 0 saturated carbocycles. The molecule has 0 fully saturated rings. The molecule has 210 valence electrons. The lowest BCUT2D eigenvalue weighted by Crippen LogP contribution is -2.31. The molecule has 1 heterocycles. The third-order valence-corrected chi connectivity index (χ3v) is 9.16. The van der Waals surface area contributed by atoms with Crippen molar-refractivity contribution in [2.24, 2.45) is 5.41 Å². The van der Waals surface area contributed by atoms with Crippen LogP contribution in [-0.2, 0) is 15.4 Å². The lowest BCUT2D eigenvalue weighted by atomic mass is 9.80. The van der Waals surface area contributed by atoms with E-state index in [1.807, 2.05) is 133 Å². The van der Waals surface area contributed by atoms with Crippen molar-refractivity contribution in [2.45, 2.75) is 52.0 Å². The predicted molar refractivity (Wildman–Crippen MR) is 169 cm³/mol. The van der Waals surface area contributed by atoms with Crippen molar-refractivity contribution in [3.63, 3.8) is 0 Å². The van der Waals surface area contributed by atoms with E-state index in [9.17, 15) is 13.5 Å². The van der Waals surface area contributed by atoms with Crippen molar-refractivity contribution in [3.05, 3.63) is 142 Å². The number of aromatic nitrogens is 1. The highest BCUT2D eigenvalue weighted by Crippen LogP contribution is 2.46. The van der Waals surface area contributed by atoms with Crippen LogP contribution in [0.5, 0.6) is 0 Å². The van der Waals surface area contributed by atoms with Crippen molar-refractivity contribution in [1.82, 2.24) is 4.98 Å². The Balaban J connectivity index is 1.94. The summed E-state index contributed by atoms with van der Waals surface area (Å²) in [4.78, 5) is 3.86. The Morgan fingerprint density at radius 3 is 1.83 bits per heavy atom. The SMILES string of the molecule is Cc1ccc(S(=O)(=O)/C(=C/C(C)(C)C)c2c(C(O)(c3cccc(C)c3)c3cccc(C)c3)[nH]c3ccccc23)cc1. The molecule has 0 saturated heterocycles. The van der Waals surface area contributed by atoms with Crippen molar-refractivity contribution in [1.29, 1.82) is 0 Å². The number of fused-ring (bicyclic) bond motifs is 1. The van der Waals surface area contributed by atoms with Gasteiger partial charge in [0.1, 0.15) is 0 Å². The fraction of sp³-hybridized carbons (Fsp3) is 0.222. The maximum atomic E-state index is 14.6. The third kappa shape index (κ3) is 5.40. The summed E-state index contributed by atoms with van der Waals surface area (Å²) in [6.07, 6.45) is 1.81. The number of rotatable bonds is 6. The maximum absolute atomic E-state index is 14.6. The Hall–Kier alpha value is -3.93. The highest BCUT2D eigenvalue weighted by atomic mass is 32.2. The van der Waals surface area contributed by atoms with E-state index in [0.29, 0.717) is 22.4 Å². The Bertz CT molecular complexity index is 1830. The van der Waals surface area contributed by atoms with Crippen LogP contribution in [0.25, 0.3) is 15.8 Å². The summed E-state index contributed by atoms with van der Waals surface area (Å²) < 4.78 is 29.1. The Labute approximate surface area is 243 Å². The van der Waals surface area contributed by atoms with Gasteiger partial charge in [0.15, 0.2) is 5.60 Å². The van der Waals surface area contributed by atoms with Gasteiger partial charge in [-0.05, 0) is 55.5 Å². The zero-order chi connectivity index (χ0) is 29.6. The minimum Gasteiger partial charge on any atom is -0.375 e. The minimum absolute atomic E-state index is 0.167. The minimum atomic E-state index is -4.00. The van der Waals surface area contributed by atoms with Crippen molar-refractivity contribution < 1.29 is 13.5 Å². The first-order valence-electron chi connectivity index (χ1n) is 13.8. The quantitative estimate of drug-likeness (QED) is 0.219. The number of aliphatic hydroxyl groups is 1. The molecule has 2 N–H and O–H groups in total. The second kappa shape index (κ2) is 10.5. The summed E-state index contributed by atoms with van der Waals surface area (Å²) >= 11 is 0. The van der Waals surface area contributed by atoms with E-state index in [1.54, 1.807) is 12.1 Å². The van der Waals surface area contributed by atoms with E-state index in [0.717, 1.165) is 27.6 Å². The number of hydrogen-bond acceptors (Lipinski definition) is 3. The van der Waals surface area contributed by atoms with Gasteiger partial charge in [-0.3, -0.25) is 0 Å². The Kier molecular flexibility index (Phi) is 7.31. The molecule has 1 aromatic heterocycles.